The second-order valence-corrected chi connectivity index (χ2v) is 3.46. The Hall–Kier alpha value is -1.36. The molecule has 1 nitrogen and oxygen atoms in total. The standard InChI is InChI=1S/C11H12FN.C2H6/c1-7(2)10-5-9(6-13)8(3)4-11(10)12;1-2/h4-5,7H,1-3H3;1-2H3. The van der Waals surface area contributed by atoms with Gasteiger partial charge in [-0.05, 0) is 36.1 Å². The number of benzene rings is 1. The van der Waals surface area contributed by atoms with E-state index in [0.717, 1.165) is 0 Å². The maximum absolute atomic E-state index is 13.3. The molecule has 0 aromatic heterocycles. The van der Waals surface area contributed by atoms with Crippen molar-refractivity contribution < 1.29 is 4.39 Å². The molecule has 15 heavy (non-hydrogen) atoms. The van der Waals surface area contributed by atoms with E-state index in [9.17, 15) is 4.39 Å². The molecule has 0 amide bonds. The fourth-order valence-corrected chi connectivity index (χ4v) is 1.25. The fraction of sp³-hybridized carbons (Fsp3) is 0.462. The third kappa shape index (κ3) is 3.36. The van der Waals surface area contributed by atoms with Crippen LogP contribution in [0.2, 0.25) is 0 Å². The number of halogens is 1. The molecular weight excluding hydrogens is 189 g/mol. The van der Waals surface area contributed by atoms with Gasteiger partial charge in [-0.15, -0.1) is 0 Å². The molecule has 0 unspecified atom stereocenters. The van der Waals surface area contributed by atoms with Crippen LogP contribution in [0, 0.1) is 24.1 Å². The van der Waals surface area contributed by atoms with Crippen LogP contribution in [0.3, 0.4) is 0 Å². The zero-order valence-electron chi connectivity index (χ0n) is 10.1. The maximum atomic E-state index is 13.3. The summed E-state index contributed by atoms with van der Waals surface area (Å²) in [4.78, 5) is 0. The van der Waals surface area contributed by atoms with Crippen molar-refractivity contribution in [1.29, 1.82) is 5.26 Å². The first-order valence-electron chi connectivity index (χ1n) is 5.26. The molecule has 1 aromatic carbocycles. The molecule has 0 heterocycles. The zero-order chi connectivity index (χ0) is 12.0. The SMILES string of the molecule is CC.Cc1cc(F)c(C(C)C)cc1C#N. The number of rotatable bonds is 1. The Kier molecular flexibility index (Phi) is 5.62. The summed E-state index contributed by atoms with van der Waals surface area (Å²) in [7, 11) is 0. The van der Waals surface area contributed by atoms with Crippen LogP contribution < -0.4 is 0 Å². The number of aryl methyl sites for hydroxylation is 1. The Morgan fingerprint density at radius 1 is 1.27 bits per heavy atom. The number of nitrogens with zero attached hydrogens (tertiary/aromatic N) is 1. The summed E-state index contributed by atoms with van der Waals surface area (Å²) in [5.74, 6) is -0.0980. The second kappa shape index (κ2) is 6.19. The first-order chi connectivity index (χ1) is 7.06. The third-order valence-corrected chi connectivity index (χ3v) is 2.09. The van der Waals surface area contributed by atoms with Crippen LogP contribution >= 0.6 is 0 Å². The predicted octanol–water partition coefficient (Wildman–Crippen LogP) is 4.16. The van der Waals surface area contributed by atoms with Gasteiger partial charge < -0.3 is 0 Å². The van der Waals surface area contributed by atoms with E-state index in [1.807, 2.05) is 27.7 Å². The van der Waals surface area contributed by atoms with Crippen molar-refractivity contribution in [2.45, 2.75) is 40.5 Å². The molecule has 0 atom stereocenters. The van der Waals surface area contributed by atoms with Crippen LogP contribution in [0.4, 0.5) is 4.39 Å². The lowest BCUT2D eigenvalue weighted by Crippen LogP contribution is -1.96. The van der Waals surface area contributed by atoms with Crippen LogP contribution in [0.5, 0.6) is 0 Å². The van der Waals surface area contributed by atoms with E-state index in [0.29, 0.717) is 16.7 Å². The Bertz CT molecular complexity index is 362. The highest BCUT2D eigenvalue weighted by Crippen LogP contribution is 2.21. The highest BCUT2D eigenvalue weighted by atomic mass is 19.1. The van der Waals surface area contributed by atoms with E-state index in [1.54, 1.807) is 13.0 Å². The Morgan fingerprint density at radius 3 is 2.20 bits per heavy atom. The molecule has 82 valence electrons. The minimum atomic E-state index is -0.216. The molecule has 0 aliphatic rings. The molecule has 0 spiro atoms. The number of hydrogen-bond donors (Lipinski definition) is 0. The summed E-state index contributed by atoms with van der Waals surface area (Å²) in [5.41, 5.74) is 1.87. The normalized spacial score (nSPS) is 9.20. The van der Waals surface area contributed by atoms with E-state index >= 15 is 0 Å². The molecule has 1 aromatic rings. The van der Waals surface area contributed by atoms with Crippen molar-refractivity contribution in [1.82, 2.24) is 0 Å². The summed E-state index contributed by atoms with van der Waals surface area (Å²) in [6.07, 6.45) is 0. The summed E-state index contributed by atoms with van der Waals surface area (Å²) < 4.78 is 13.3. The van der Waals surface area contributed by atoms with Crippen LogP contribution in [0.25, 0.3) is 0 Å². The van der Waals surface area contributed by atoms with Gasteiger partial charge in [-0.1, -0.05) is 27.7 Å². The van der Waals surface area contributed by atoms with Crippen LogP contribution in [-0.2, 0) is 0 Å². The first-order valence-corrected chi connectivity index (χ1v) is 5.26. The molecule has 0 aliphatic carbocycles. The molecule has 0 saturated heterocycles. The molecule has 0 N–H and O–H groups in total. The van der Waals surface area contributed by atoms with E-state index in [4.69, 9.17) is 5.26 Å². The van der Waals surface area contributed by atoms with Gasteiger partial charge in [0.1, 0.15) is 5.82 Å². The van der Waals surface area contributed by atoms with E-state index in [1.165, 1.54) is 6.07 Å². The van der Waals surface area contributed by atoms with Crippen molar-refractivity contribution in [3.05, 3.63) is 34.6 Å². The molecule has 0 bridgehead atoms. The molecule has 0 aliphatic heterocycles. The van der Waals surface area contributed by atoms with Gasteiger partial charge in [-0.3, -0.25) is 0 Å². The van der Waals surface area contributed by atoms with Crippen LogP contribution in [-0.4, -0.2) is 0 Å². The van der Waals surface area contributed by atoms with Gasteiger partial charge in [0.15, 0.2) is 0 Å². The highest BCUT2D eigenvalue weighted by Gasteiger charge is 2.09. The number of nitriles is 1. The van der Waals surface area contributed by atoms with Gasteiger partial charge in [0.2, 0.25) is 0 Å². The smallest absolute Gasteiger partial charge is 0.127 e. The Labute approximate surface area is 91.5 Å². The van der Waals surface area contributed by atoms with Gasteiger partial charge in [0.05, 0.1) is 11.6 Å². The van der Waals surface area contributed by atoms with Crippen molar-refractivity contribution in [2.24, 2.45) is 0 Å². The van der Waals surface area contributed by atoms with E-state index < -0.39 is 0 Å². The molecule has 2 heteroatoms. The van der Waals surface area contributed by atoms with Crippen LogP contribution in [0.1, 0.15) is 50.3 Å². The monoisotopic (exact) mass is 207 g/mol. The average Bonchev–Trinajstić information content (AvgIpc) is 2.20. The van der Waals surface area contributed by atoms with Crippen molar-refractivity contribution in [3.8, 4) is 6.07 Å². The Balaban J connectivity index is 0.000000921. The van der Waals surface area contributed by atoms with Gasteiger partial charge in [0.25, 0.3) is 0 Å². The highest BCUT2D eigenvalue weighted by molar-refractivity contribution is 5.41. The lowest BCUT2D eigenvalue weighted by atomic mass is 9.98. The lowest BCUT2D eigenvalue weighted by molar-refractivity contribution is 0.597. The predicted molar refractivity (Wildman–Crippen MR) is 61.3 cm³/mol. The van der Waals surface area contributed by atoms with Crippen molar-refractivity contribution in [2.75, 3.05) is 0 Å². The zero-order valence-corrected chi connectivity index (χ0v) is 10.1. The summed E-state index contributed by atoms with van der Waals surface area (Å²) in [6, 6.07) is 5.11. The molecule has 0 fully saturated rings. The average molecular weight is 207 g/mol. The van der Waals surface area contributed by atoms with Crippen molar-refractivity contribution in [3.63, 3.8) is 0 Å². The van der Waals surface area contributed by atoms with Gasteiger partial charge in [0, 0.05) is 0 Å². The number of hydrogen-bond acceptors (Lipinski definition) is 1. The maximum Gasteiger partial charge on any atom is 0.127 e. The quantitative estimate of drug-likeness (QED) is 0.678. The van der Waals surface area contributed by atoms with Crippen LogP contribution in [0.15, 0.2) is 12.1 Å². The minimum Gasteiger partial charge on any atom is -0.207 e. The van der Waals surface area contributed by atoms with E-state index in [-0.39, 0.29) is 11.7 Å². The van der Waals surface area contributed by atoms with E-state index in [2.05, 4.69) is 6.07 Å². The summed E-state index contributed by atoms with van der Waals surface area (Å²) in [6.45, 7) is 9.57. The van der Waals surface area contributed by atoms with Gasteiger partial charge >= 0.3 is 0 Å². The Morgan fingerprint density at radius 2 is 1.80 bits per heavy atom. The first kappa shape index (κ1) is 13.6. The lowest BCUT2D eigenvalue weighted by Gasteiger charge is -2.08. The summed E-state index contributed by atoms with van der Waals surface area (Å²) in [5, 5.41) is 8.74. The largest absolute Gasteiger partial charge is 0.207 e. The topological polar surface area (TPSA) is 23.8 Å². The second-order valence-electron chi connectivity index (χ2n) is 3.46. The molecule has 1 rings (SSSR count). The minimum absolute atomic E-state index is 0.118. The third-order valence-electron chi connectivity index (χ3n) is 2.09. The molecule has 0 saturated carbocycles. The molecule has 0 radical (unpaired) electrons. The van der Waals surface area contributed by atoms with Gasteiger partial charge in [-0.25, -0.2) is 4.39 Å². The van der Waals surface area contributed by atoms with Gasteiger partial charge in [-0.2, -0.15) is 5.26 Å². The van der Waals surface area contributed by atoms with Crippen molar-refractivity contribution >= 4 is 0 Å². The molecular formula is C13H18FN. The fourth-order valence-electron chi connectivity index (χ4n) is 1.25. The summed E-state index contributed by atoms with van der Waals surface area (Å²) >= 11 is 0.